The molecule has 0 unspecified atom stereocenters. The SMILES string of the molecule is CCc1ccccc1NC(=O)C1CCN(c2nc3ccccc3n3cccc23)CC1. The molecule has 4 aromatic rings. The molecule has 0 bridgehead atoms. The van der Waals surface area contributed by atoms with Crippen LogP contribution in [0.25, 0.3) is 16.6 Å². The summed E-state index contributed by atoms with van der Waals surface area (Å²) in [6, 6.07) is 20.5. The van der Waals surface area contributed by atoms with Gasteiger partial charge in [-0.25, -0.2) is 4.98 Å². The molecule has 1 saturated heterocycles. The molecule has 0 atom stereocenters. The van der Waals surface area contributed by atoms with Crippen LogP contribution < -0.4 is 10.2 Å². The summed E-state index contributed by atoms with van der Waals surface area (Å²) in [7, 11) is 0. The Morgan fingerprint density at radius 3 is 2.57 bits per heavy atom. The summed E-state index contributed by atoms with van der Waals surface area (Å²) in [5.41, 5.74) is 5.35. The highest BCUT2D eigenvalue weighted by atomic mass is 16.1. The van der Waals surface area contributed by atoms with E-state index >= 15 is 0 Å². The van der Waals surface area contributed by atoms with E-state index in [9.17, 15) is 4.79 Å². The van der Waals surface area contributed by atoms with Crippen LogP contribution in [-0.4, -0.2) is 28.4 Å². The van der Waals surface area contributed by atoms with Crippen molar-refractivity contribution < 1.29 is 4.79 Å². The minimum Gasteiger partial charge on any atom is -0.355 e. The van der Waals surface area contributed by atoms with Crippen molar-refractivity contribution in [3.8, 4) is 0 Å². The number of rotatable bonds is 4. The number of fused-ring (bicyclic) bond motifs is 3. The van der Waals surface area contributed by atoms with Crippen molar-refractivity contribution in [1.82, 2.24) is 9.38 Å². The molecule has 0 radical (unpaired) electrons. The first-order valence-electron chi connectivity index (χ1n) is 10.7. The van der Waals surface area contributed by atoms with Gasteiger partial charge < -0.3 is 14.6 Å². The van der Waals surface area contributed by atoms with Gasteiger partial charge in [0.15, 0.2) is 5.82 Å². The van der Waals surface area contributed by atoms with Gasteiger partial charge in [0.05, 0.1) is 16.6 Å². The van der Waals surface area contributed by atoms with Crippen molar-refractivity contribution in [2.24, 2.45) is 5.92 Å². The average Bonchev–Trinajstić information content (AvgIpc) is 3.29. The number of piperidine rings is 1. The van der Waals surface area contributed by atoms with Crippen LogP contribution in [0.1, 0.15) is 25.3 Å². The van der Waals surface area contributed by atoms with Gasteiger partial charge in [-0.15, -0.1) is 0 Å². The lowest BCUT2D eigenvalue weighted by molar-refractivity contribution is -0.120. The van der Waals surface area contributed by atoms with Gasteiger partial charge in [0.1, 0.15) is 0 Å². The highest BCUT2D eigenvalue weighted by Crippen LogP contribution is 2.29. The zero-order chi connectivity index (χ0) is 20.5. The molecular weight excluding hydrogens is 372 g/mol. The molecule has 0 saturated carbocycles. The lowest BCUT2D eigenvalue weighted by Gasteiger charge is -2.32. The molecule has 5 rings (SSSR count). The molecule has 0 aliphatic carbocycles. The molecule has 1 aliphatic rings. The van der Waals surface area contributed by atoms with Crippen molar-refractivity contribution in [3.63, 3.8) is 0 Å². The Labute approximate surface area is 176 Å². The Balaban J connectivity index is 1.33. The van der Waals surface area contributed by atoms with Gasteiger partial charge >= 0.3 is 0 Å². The monoisotopic (exact) mass is 398 g/mol. The van der Waals surface area contributed by atoms with Crippen LogP contribution >= 0.6 is 0 Å². The number of hydrogen-bond donors (Lipinski definition) is 1. The summed E-state index contributed by atoms with van der Waals surface area (Å²) in [5, 5.41) is 3.16. The highest BCUT2D eigenvalue weighted by Gasteiger charge is 2.27. The van der Waals surface area contributed by atoms with Crippen LogP contribution in [0.2, 0.25) is 0 Å². The summed E-state index contributed by atoms with van der Waals surface area (Å²) < 4.78 is 2.21. The van der Waals surface area contributed by atoms with E-state index in [1.54, 1.807) is 0 Å². The number of aryl methyl sites for hydroxylation is 1. The third kappa shape index (κ3) is 3.30. The third-order valence-electron chi connectivity index (χ3n) is 6.17. The van der Waals surface area contributed by atoms with Crippen LogP contribution in [0.15, 0.2) is 66.9 Å². The Bertz CT molecular complexity index is 1200. The lowest BCUT2D eigenvalue weighted by Crippen LogP contribution is -2.38. The average molecular weight is 399 g/mol. The molecule has 1 fully saturated rings. The zero-order valence-corrected chi connectivity index (χ0v) is 17.2. The summed E-state index contributed by atoms with van der Waals surface area (Å²) in [6.07, 6.45) is 4.67. The Kier molecular flexibility index (Phi) is 4.87. The minimum absolute atomic E-state index is 0.0365. The van der Waals surface area contributed by atoms with E-state index in [2.05, 4.69) is 58.1 Å². The van der Waals surface area contributed by atoms with Crippen LogP contribution in [0.4, 0.5) is 11.5 Å². The third-order valence-corrected chi connectivity index (χ3v) is 6.17. The van der Waals surface area contributed by atoms with Crippen LogP contribution in [0.3, 0.4) is 0 Å². The summed E-state index contributed by atoms with van der Waals surface area (Å²) >= 11 is 0. The van der Waals surface area contributed by atoms with Crippen molar-refractivity contribution in [2.45, 2.75) is 26.2 Å². The zero-order valence-electron chi connectivity index (χ0n) is 17.2. The van der Waals surface area contributed by atoms with Crippen LogP contribution in [0.5, 0.6) is 0 Å². The number of hydrogen-bond acceptors (Lipinski definition) is 3. The summed E-state index contributed by atoms with van der Waals surface area (Å²) in [4.78, 5) is 20.2. The molecule has 3 heterocycles. The minimum atomic E-state index is 0.0365. The van der Waals surface area contributed by atoms with E-state index in [1.165, 1.54) is 5.56 Å². The molecule has 5 nitrogen and oxygen atoms in total. The maximum atomic E-state index is 12.9. The number of carbonyl (C=O) groups excluding carboxylic acids is 1. The maximum absolute atomic E-state index is 12.9. The predicted octanol–water partition coefficient (Wildman–Crippen LogP) is 4.91. The fourth-order valence-electron chi connectivity index (χ4n) is 4.48. The predicted molar refractivity (Wildman–Crippen MR) is 122 cm³/mol. The number of nitrogens with one attached hydrogen (secondary N) is 1. The fourth-order valence-corrected chi connectivity index (χ4v) is 4.48. The summed E-state index contributed by atoms with van der Waals surface area (Å²) in [5.74, 6) is 1.18. The number of carbonyl (C=O) groups is 1. The van der Waals surface area contributed by atoms with Crippen molar-refractivity contribution >= 4 is 34.0 Å². The molecule has 1 aliphatic heterocycles. The highest BCUT2D eigenvalue weighted by molar-refractivity contribution is 5.93. The maximum Gasteiger partial charge on any atom is 0.227 e. The first-order valence-corrected chi connectivity index (χ1v) is 10.7. The number of amides is 1. The van der Waals surface area contributed by atoms with Crippen LogP contribution in [0, 0.1) is 5.92 Å². The van der Waals surface area contributed by atoms with Gasteiger partial charge in [-0.05, 0) is 55.2 Å². The van der Waals surface area contributed by atoms with E-state index in [0.29, 0.717) is 0 Å². The van der Waals surface area contributed by atoms with Gasteiger partial charge in [0, 0.05) is 30.9 Å². The Morgan fingerprint density at radius 2 is 1.73 bits per heavy atom. The van der Waals surface area contributed by atoms with Crippen molar-refractivity contribution in [3.05, 3.63) is 72.4 Å². The normalized spacial score (nSPS) is 15.0. The molecule has 1 N–H and O–H groups in total. The first-order chi connectivity index (χ1) is 14.7. The standard InChI is InChI=1S/C25H26N4O/c1-2-18-8-3-4-9-20(18)27-25(30)19-13-16-28(17-14-19)24-23-12-7-15-29(23)22-11-6-5-10-21(22)26-24/h3-12,15,19H,2,13-14,16-17H2,1H3,(H,27,30). The van der Waals surface area contributed by atoms with Gasteiger partial charge in [0.25, 0.3) is 0 Å². The van der Waals surface area contributed by atoms with Gasteiger partial charge in [0.2, 0.25) is 5.91 Å². The molecule has 2 aromatic heterocycles. The quantitative estimate of drug-likeness (QED) is 0.532. The van der Waals surface area contributed by atoms with Gasteiger partial charge in [-0.2, -0.15) is 0 Å². The topological polar surface area (TPSA) is 49.6 Å². The summed E-state index contributed by atoms with van der Waals surface area (Å²) in [6.45, 7) is 3.78. The first kappa shape index (κ1) is 18.7. The molecule has 0 spiro atoms. The van der Waals surface area contributed by atoms with Crippen molar-refractivity contribution in [2.75, 3.05) is 23.3 Å². The van der Waals surface area contributed by atoms with Crippen LogP contribution in [-0.2, 0) is 11.2 Å². The molecule has 2 aromatic carbocycles. The molecule has 5 heteroatoms. The van der Waals surface area contributed by atoms with E-state index in [1.807, 2.05) is 30.3 Å². The second-order valence-corrected chi connectivity index (χ2v) is 7.95. The van der Waals surface area contributed by atoms with E-state index in [-0.39, 0.29) is 11.8 Å². The van der Waals surface area contributed by atoms with E-state index in [0.717, 1.165) is 60.4 Å². The second-order valence-electron chi connectivity index (χ2n) is 7.95. The van der Waals surface area contributed by atoms with Gasteiger partial charge in [-0.3, -0.25) is 4.79 Å². The van der Waals surface area contributed by atoms with E-state index in [4.69, 9.17) is 4.98 Å². The Morgan fingerprint density at radius 1 is 1.00 bits per heavy atom. The number of para-hydroxylation sites is 3. The fraction of sp³-hybridized carbons (Fsp3) is 0.280. The largest absolute Gasteiger partial charge is 0.355 e. The number of anilines is 2. The number of benzene rings is 2. The Hall–Kier alpha value is -3.34. The molecular formula is C25H26N4O. The molecule has 152 valence electrons. The van der Waals surface area contributed by atoms with Gasteiger partial charge in [-0.1, -0.05) is 37.3 Å². The lowest BCUT2D eigenvalue weighted by atomic mass is 9.95. The second kappa shape index (κ2) is 7.82. The van der Waals surface area contributed by atoms with E-state index < -0.39 is 0 Å². The smallest absolute Gasteiger partial charge is 0.227 e. The molecule has 30 heavy (non-hydrogen) atoms. The number of aromatic nitrogens is 2. The molecule has 1 amide bonds. The number of nitrogens with zero attached hydrogens (tertiary/aromatic N) is 3. The van der Waals surface area contributed by atoms with Crippen molar-refractivity contribution in [1.29, 1.82) is 0 Å².